The highest BCUT2D eigenvalue weighted by atomic mass is 32.2. The Balaban J connectivity index is 1.71. The van der Waals surface area contributed by atoms with E-state index in [2.05, 4.69) is 4.40 Å². The summed E-state index contributed by atoms with van der Waals surface area (Å²) in [6.07, 6.45) is 0. The first-order chi connectivity index (χ1) is 15.9. The third-order valence-corrected chi connectivity index (χ3v) is 5.82. The molecule has 11 heteroatoms. The number of nitro benzene ring substituents is 2. The second kappa shape index (κ2) is 7.88. The van der Waals surface area contributed by atoms with Crippen molar-refractivity contribution in [1.29, 1.82) is 0 Å². The monoisotopic (exact) mass is 459 g/mol. The average Bonchev–Trinajstić information content (AvgIpc) is 2.81. The number of benzene rings is 4. The number of aromatic nitrogens is 1. The van der Waals surface area contributed by atoms with Gasteiger partial charge in [-0.1, -0.05) is 24.3 Å². The number of nitrogens with zero attached hydrogens (tertiary/aromatic N) is 4. The van der Waals surface area contributed by atoms with Crippen LogP contribution in [-0.4, -0.2) is 14.8 Å². The Bertz CT molecular complexity index is 1630. The van der Waals surface area contributed by atoms with Gasteiger partial charge >= 0.3 is 0 Å². The van der Waals surface area contributed by atoms with Crippen molar-refractivity contribution >= 4 is 50.9 Å². The van der Waals surface area contributed by atoms with Crippen LogP contribution in [-0.2, 0) is 0 Å². The van der Waals surface area contributed by atoms with Crippen molar-refractivity contribution in [3.8, 4) is 11.5 Å². The summed E-state index contributed by atoms with van der Waals surface area (Å²) >= 11 is 0.857. The van der Waals surface area contributed by atoms with E-state index >= 15 is 0 Å². The second-order valence-corrected chi connectivity index (χ2v) is 7.88. The molecule has 0 aromatic heterocycles. The molecule has 1 aliphatic heterocycles. The van der Waals surface area contributed by atoms with Crippen LogP contribution in [0.5, 0.6) is 0 Å². The van der Waals surface area contributed by atoms with E-state index in [1.807, 2.05) is 24.3 Å². The summed E-state index contributed by atoms with van der Waals surface area (Å²) in [5.41, 5.74) is 7.46. The molecular weight excluding hydrogens is 446 g/mol. The van der Waals surface area contributed by atoms with Crippen molar-refractivity contribution in [1.82, 2.24) is 4.98 Å². The molecule has 3 aromatic rings. The lowest BCUT2D eigenvalue weighted by Crippen LogP contribution is -2.05. The van der Waals surface area contributed by atoms with Gasteiger partial charge in [0.15, 0.2) is 11.3 Å². The van der Waals surface area contributed by atoms with E-state index < -0.39 is 15.5 Å². The molecule has 3 aromatic carbocycles. The van der Waals surface area contributed by atoms with Crippen LogP contribution in [0.3, 0.4) is 0 Å². The maximum Gasteiger partial charge on any atom is 0.291 e. The molecule has 0 amide bonds. The zero-order chi connectivity index (χ0) is 23.1. The van der Waals surface area contributed by atoms with E-state index in [9.17, 15) is 20.2 Å². The third-order valence-electron chi connectivity index (χ3n) is 4.99. The largest absolute Gasteiger partial charge is 0.453 e. The predicted octanol–water partition coefficient (Wildman–Crippen LogP) is 5.09. The standard InChI is InChI=1S/C22H13N5O5S/c23-12-5-7-16-19(9-12)32-20-11-17(14-3-1-2-4-15(14)22(20)24-16)25-33-21-8-6-13(26(28)29)10-18(21)27(30)31/h1-11H,23H2. The fourth-order valence-electron chi connectivity index (χ4n) is 3.47. The average molecular weight is 459 g/mol. The second-order valence-electron chi connectivity index (χ2n) is 7.08. The van der Waals surface area contributed by atoms with Gasteiger partial charge < -0.3 is 10.2 Å². The summed E-state index contributed by atoms with van der Waals surface area (Å²) < 4.78 is 10.5. The van der Waals surface area contributed by atoms with Gasteiger partial charge in [0, 0.05) is 46.6 Å². The van der Waals surface area contributed by atoms with Crippen LogP contribution in [0.25, 0.3) is 33.3 Å². The molecule has 2 N–H and O–H groups in total. The Hall–Kier alpha value is -4.51. The summed E-state index contributed by atoms with van der Waals surface area (Å²) in [6, 6.07) is 17.8. The van der Waals surface area contributed by atoms with Gasteiger partial charge in [-0.05, 0) is 18.2 Å². The lowest BCUT2D eigenvalue weighted by atomic mass is 10.0. The minimum absolute atomic E-state index is 0.177. The van der Waals surface area contributed by atoms with E-state index in [1.165, 1.54) is 12.1 Å². The van der Waals surface area contributed by atoms with Gasteiger partial charge in [-0.15, -0.1) is 0 Å². The summed E-state index contributed by atoms with van der Waals surface area (Å²) in [5, 5.41) is 24.5. The fourth-order valence-corrected chi connectivity index (χ4v) is 4.17. The molecule has 0 unspecified atom stereocenters. The number of nitro groups is 2. The molecule has 162 valence electrons. The minimum Gasteiger partial charge on any atom is -0.453 e. The Morgan fingerprint density at radius 2 is 1.73 bits per heavy atom. The van der Waals surface area contributed by atoms with Gasteiger partial charge in [0.2, 0.25) is 0 Å². The fraction of sp³-hybridized carbons (Fsp3) is 0. The number of anilines is 1. The van der Waals surface area contributed by atoms with Crippen molar-refractivity contribution in [2.45, 2.75) is 4.90 Å². The number of rotatable bonds is 4. The highest BCUT2D eigenvalue weighted by Gasteiger charge is 2.20. The highest BCUT2D eigenvalue weighted by molar-refractivity contribution is 7.98. The minimum atomic E-state index is -0.680. The Labute approximate surface area is 189 Å². The summed E-state index contributed by atoms with van der Waals surface area (Å²) in [5.74, 6) is 0.476. The summed E-state index contributed by atoms with van der Waals surface area (Å²) in [6.45, 7) is 0. The smallest absolute Gasteiger partial charge is 0.291 e. The summed E-state index contributed by atoms with van der Waals surface area (Å²) in [4.78, 5) is 26.0. The number of nitrogens with two attached hydrogens (primary N) is 1. The van der Waals surface area contributed by atoms with Crippen LogP contribution in [0.2, 0.25) is 0 Å². The highest BCUT2D eigenvalue weighted by Crippen LogP contribution is 2.34. The van der Waals surface area contributed by atoms with Crippen LogP contribution in [0.1, 0.15) is 0 Å². The Kier molecular flexibility index (Phi) is 4.87. The predicted molar refractivity (Wildman–Crippen MR) is 124 cm³/mol. The van der Waals surface area contributed by atoms with Crippen LogP contribution in [0.4, 0.5) is 17.1 Å². The molecule has 5 rings (SSSR count). The lowest BCUT2D eigenvalue weighted by molar-refractivity contribution is -0.396. The van der Waals surface area contributed by atoms with E-state index in [1.54, 1.807) is 24.3 Å². The molecule has 0 fully saturated rings. The number of hydrogen-bond acceptors (Lipinski definition) is 9. The van der Waals surface area contributed by atoms with Crippen molar-refractivity contribution in [3.63, 3.8) is 0 Å². The van der Waals surface area contributed by atoms with Crippen LogP contribution in [0, 0.1) is 20.2 Å². The van der Waals surface area contributed by atoms with Crippen LogP contribution >= 0.6 is 11.9 Å². The lowest BCUT2D eigenvalue weighted by Gasteiger charge is -2.10. The first-order valence-electron chi connectivity index (χ1n) is 9.56. The number of non-ortho nitro benzene ring substituents is 1. The number of nitrogen functional groups attached to an aromatic ring is 1. The van der Waals surface area contributed by atoms with E-state index in [4.69, 9.17) is 15.1 Å². The van der Waals surface area contributed by atoms with Gasteiger partial charge in [-0.2, -0.15) is 0 Å². The van der Waals surface area contributed by atoms with E-state index in [0.29, 0.717) is 33.6 Å². The van der Waals surface area contributed by atoms with Gasteiger partial charge in [0.1, 0.15) is 16.1 Å². The topological polar surface area (TPSA) is 151 Å². The number of hydrogen-bond donors (Lipinski definition) is 1. The van der Waals surface area contributed by atoms with Gasteiger partial charge in [-0.25, -0.2) is 9.38 Å². The van der Waals surface area contributed by atoms with Crippen molar-refractivity contribution in [2.75, 3.05) is 5.73 Å². The van der Waals surface area contributed by atoms with Gasteiger partial charge in [0.25, 0.3) is 11.4 Å². The van der Waals surface area contributed by atoms with E-state index in [0.717, 1.165) is 28.8 Å². The van der Waals surface area contributed by atoms with Crippen molar-refractivity contribution in [3.05, 3.63) is 92.3 Å². The molecule has 0 saturated carbocycles. The first-order valence-corrected chi connectivity index (χ1v) is 10.3. The number of fused-ring (bicyclic) bond motifs is 4. The van der Waals surface area contributed by atoms with Crippen molar-refractivity contribution < 1.29 is 14.3 Å². The van der Waals surface area contributed by atoms with Crippen LogP contribution in [0.15, 0.2) is 80.4 Å². The molecule has 1 aliphatic carbocycles. The zero-order valence-corrected chi connectivity index (χ0v) is 17.5. The molecule has 0 spiro atoms. The summed E-state index contributed by atoms with van der Waals surface area (Å²) in [7, 11) is 0. The maximum atomic E-state index is 11.4. The van der Waals surface area contributed by atoms with E-state index in [-0.39, 0.29) is 10.6 Å². The third kappa shape index (κ3) is 3.70. The molecule has 33 heavy (non-hydrogen) atoms. The normalized spacial score (nSPS) is 11.9. The molecule has 1 heterocycles. The molecule has 10 nitrogen and oxygen atoms in total. The van der Waals surface area contributed by atoms with Crippen molar-refractivity contribution in [2.24, 2.45) is 4.40 Å². The SMILES string of the molecule is Nc1ccc2nc3c4ccccc4c(=NSc4ccc([N+](=O)[O-])cc4[N+](=O)[O-])cc-3oc2c1. The Morgan fingerprint density at radius 1 is 0.939 bits per heavy atom. The Morgan fingerprint density at radius 3 is 2.48 bits per heavy atom. The van der Waals surface area contributed by atoms with Crippen LogP contribution < -0.4 is 11.1 Å². The zero-order valence-electron chi connectivity index (χ0n) is 16.7. The van der Waals surface area contributed by atoms with Gasteiger partial charge in [0.05, 0.1) is 21.3 Å². The maximum absolute atomic E-state index is 11.4. The molecule has 0 saturated heterocycles. The molecule has 0 bridgehead atoms. The first kappa shape index (κ1) is 20.4. The van der Waals surface area contributed by atoms with Gasteiger partial charge in [-0.3, -0.25) is 20.2 Å². The molecular formula is C22H13N5O5S. The molecule has 0 atom stereocenters. The molecule has 0 radical (unpaired) electrons. The quantitative estimate of drug-likeness (QED) is 0.0974. The molecule has 2 aliphatic rings.